The number of rotatable bonds is 6. The Labute approximate surface area is 216 Å². The van der Waals surface area contributed by atoms with Crippen LogP contribution in [0.15, 0.2) is 42.5 Å². The lowest BCUT2D eigenvalue weighted by molar-refractivity contribution is -0.137. The molecule has 1 N–H and O–H groups in total. The molecule has 2 saturated heterocycles. The lowest BCUT2D eigenvalue weighted by atomic mass is 10.0. The number of nitrogens with zero attached hydrogens (tertiary/aromatic N) is 4. The van der Waals surface area contributed by atoms with E-state index in [1.165, 1.54) is 23.4 Å². The second-order valence-electron chi connectivity index (χ2n) is 9.94. The molecule has 0 bridgehead atoms. The van der Waals surface area contributed by atoms with Crippen LogP contribution in [-0.2, 0) is 11.0 Å². The molecule has 2 aliphatic rings. The number of halogens is 3. The minimum Gasteiger partial charge on any atom is -0.382 e. The number of piperidine rings is 1. The van der Waals surface area contributed by atoms with Crippen LogP contribution in [0.1, 0.15) is 42.4 Å². The molecule has 6 nitrogen and oxygen atoms in total. The molecule has 1 amide bonds. The number of hydrogen-bond acceptors (Lipinski definition) is 5. The van der Waals surface area contributed by atoms with Crippen molar-refractivity contribution in [3.63, 3.8) is 0 Å². The van der Waals surface area contributed by atoms with Crippen LogP contribution in [0.3, 0.4) is 0 Å². The van der Waals surface area contributed by atoms with Crippen LogP contribution in [0.5, 0.6) is 0 Å². The van der Waals surface area contributed by atoms with Gasteiger partial charge in [0.05, 0.1) is 17.2 Å². The van der Waals surface area contributed by atoms with Crippen molar-refractivity contribution in [3.05, 3.63) is 59.2 Å². The predicted molar refractivity (Wildman–Crippen MR) is 138 cm³/mol. The van der Waals surface area contributed by atoms with Gasteiger partial charge in [-0.3, -0.25) is 4.79 Å². The fraction of sp³-hybridized carbons (Fsp3) is 0.500. The Morgan fingerprint density at radius 2 is 1.76 bits per heavy atom. The molecule has 0 aromatic heterocycles. The van der Waals surface area contributed by atoms with E-state index in [9.17, 15) is 18.0 Å². The molecule has 0 radical (unpaired) electrons. The second-order valence-corrected chi connectivity index (χ2v) is 9.94. The van der Waals surface area contributed by atoms with Crippen molar-refractivity contribution in [2.75, 3.05) is 56.0 Å². The molecule has 198 valence electrons. The smallest absolute Gasteiger partial charge is 0.382 e. The molecule has 0 saturated carbocycles. The molecule has 0 atom stereocenters. The van der Waals surface area contributed by atoms with E-state index >= 15 is 0 Å². The fourth-order valence-corrected chi connectivity index (χ4v) is 5.10. The molecule has 0 unspecified atom stereocenters. The Morgan fingerprint density at radius 1 is 1.03 bits per heavy atom. The van der Waals surface area contributed by atoms with Crippen molar-refractivity contribution in [1.82, 2.24) is 9.80 Å². The molecule has 2 aromatic rings. The predicted octanol–water partition coefficient (Wildman–Crippen LogP) is 4.89. The number of nitrogens with one attached hydrogen (secondary N) is 1. The third-order valence-electron chi connectivity index (χ3n) is 7.29. The summed E-state index contributed by atoms with van der Waals surface area (Å²) >= 11 is 0. The number of likely N-dealkylation sites (tertiary alicyclic amines) is 1. The summed E-state index contributed by atoms with van der Waals surface area (Å²) in [5, 5.41) is 12.1. The Hall–Kier alpha value is -3.25. The first-order valence-electron chi connectivity index (χ1n) is 12.9. The topological polar surface area (TPSA) is 62.6 Å². The summed E-state index contributed by atoms with van der Waals surface area (Å²) in [6.07, 6.45) is -1.70. The number of hydrogen-bond donors (Lipinski definition) is 1. The summed E-state index contributed by atoms with van der Waals surface area (Å²) in [5.74, 6) is 0.135. The standard InChI is InChI=1S/C28H34F3N5O/c1-21-3-7-25(8-4-21)35-13-2-12-34(17-18-35)14-11-27(37)36-15-9-23(10-16-36)33-24-6-5-22(20-32)26(19-24)28(29,30)31/h3-8,19,23,33H,2,9-18H2,1H3. The number of anilines is 2. The van der Waals surface area contributed by atoms with Gasteiger partial charge in [-0.05, 0) is 63.1 Å². The zero-order chi connectivity index (χ0) is 26.4. The van der Waals surface area contributed by atoms with Crippen molar-refractivity contribution in [2.24, 2.45) is 0 Å². The Morgan fingerprint density at radius 3 is 2.43 bits per heavy atom. The van der Waals surface area contributed by atoms with Crippen molar-refractivity contribution in [2.45, 2.75) is 44.8 Å². The molecule has 2 heterocycles. The van der Waals surface area contributed by atoms with E-state index in [-0.39, 0.29) is 17.5 Å². The van der Waals surface area contributed by atoms with Crippen LogP contribution in [0, 0.1) is 18.3 Å². The lowest BCUT2D eigenvalue weighted by Crippen LogP contribution is -2.43. The van der Waals surface area contributed by atoms with E-state index in [1.54, 1.807) is 6.07 Å². The molecule has 37 heavy (non-hydrogen) atoms. The monoisotopic (exact) mass is 513 g/mol. The fourth-order valence-electron chi connectivity index (χ4n) is 5.10. The average molecular weight is 514 g/mol. The van der Waals surface area contributed by atoms with Gasteiger partial charge < -0.3 is 20.0 Å². The van der Waals surface area contributed by atoms with E-state index in [1.807, 2.05) is 4.90 Å². The van der Waals surface area contributed by atoms with Crippen LogP contribution >= 0.6 is 0 Å². The van der Waals surface area contributed by atoms with Crippen LogP contribution < -0.4 is 10.2 Å². The van der Waals surface area contributed by atoms with Crippen molar-refractivity contribution in [1.29, 1.82) is 5.26 Å². The van der Waals surface area contributed by atoms with Gasteiger partial charge in [-0.2, -0.15) is 18.4 Å². The highest BCUT2D eigenvalue weighted by Crippen LogP contribution is 2.34. The van der Waals surface area contributed by atoms with Gasteiger partial charge in [0.15, 0.2) is 0 Å². The Bertz CT molecular complexity index is 1100. The first kappa shape index (κ1) is 26.8. The molecule has 2 aromatic carbocycles. The minimum atomic E-state index is -4.58. The van der Waals surface area contributed by atoms with E-state index in [0.717, 1.165) is 45.2 Å². The van der Waals surface area contributed by atoms with Crippen LogP contribution in [0.4, 0.5) is 24.5 Å². The summed E-state index contributed by atoms with van der Waals surface area (Å²) in [7, 11) is 0. The number of carbonyl (C=O) groups is 1. The molecule has 4 rings (SSSR count). The second kappa shape index (κ2) is 11.9. The number of carbonyl (C=O) groups excluding carboxylic acids is 1. The van der Waals surface area contributed by atoms with Gasteiger partial charge in [-0.1, -0.05) is 17.7 Å². The van der Waals surface area contributed by atoms with Crippen LogP contribution in [0.25, 0.3) is 0 Å². The van der Waals surface area contributed by atoms with Gasteiger partial charge in [0.25, 0.3) is 0 Å². The summed E-state index contributed by atoms with van der Waals surface area (Å²) in [5.41, 5.74) is 1.53. The third kappa shape index (κ3) is 7.16. The number of benzene rings is 2. The van der Waals surface area contributed by atoms with Crippen LogP contribution in [-0.4, -0.2) is 67.6 Å². The Kier molecular flexibility index (Phi) is 8.59. The zero-order valence-corrected chi connectivity index (χ0v) is 21.2. The van der Waals surface area contributed by atoms with Gasteiger partial charge >= 0.3 is 6.18 Å². The van der Waals surface area contributed by atoms with E-state index < -0.39 is 11.7 Å². The van der Waals surface area contributed by atoms with Crippen molar-refractivity contribution >= 4 is 17.3 Å². The van der Waals surface area contributed by atoms with Crippen LogP contribution in [0.2, 0.25) is 0 Å². The normalized spacial score (nSPS) is 17.8. The number of amides is 1. The first-order valence-corrected chi connectivity index (χ1v) is 12.9. The number of aryl methyl sites for hydroxylation is 1. The molecule has 9 heteroatoms. The average Bonchev–Trinajstić information content (AvgIpc) is 3.13. The highest BCUT2D eigenvalue weighted by Gasteiger charge is 2.34. The maximum Gasteiger partial charge on any atom is 0.417 e. The molecular weight excluding hydrogens is 479 g/mol. The molecule has 0 spiro atoms. The van der Waals surface area contributed by atoms with Gasteiger partial charge in [0.2, 0.25) is 5.91 Å². The quantitative estimate of drug-likeness (QED) is 0.596. The summed E-state index contributed by atoms with van der Waals surface area (Å²) in [6.45, 7) is 7.86. The summed E-state index contributed by atoms with van der Waals surface area (Å²) in [4.78, 5) is 19.5. The SMILES string of the molecule is Cc1ccc(N2CCCN(CCC(=O)N3CCC(Nc4ccc(C#N)c(C(F)(F)F)c4)CC3)CC2)cc1. The molecule has 2 aliphatic heterocycles. The largest absolute Gasteiger partial charge is 0.417 e. The Balaban J connectivity index is 1.21. The maximum atomic E-state index is 13.2. The lowest BCUT2D eigenvalue weighted by Gasteiger charge is -2.33. The molecule has 0 aliphatic carbocycles. The number of alkyl halides is 3. The number of nitriles is 1. The third-order valence-corrected chi connectivity index (χ3v) is 7.29. The highest BCUT2D eigenvalue weighted by atomic mass is 19.4. The van der Waals surface area contributed by atoms with E-state index in [2.05, 4.69) is 46.3 Å². The molecular formula is C28H34F3N5O. The highest BCUT2D eigenvalue weighted by molar-refractivity contribution is 5.76. The summed E-state index contributed by atoms with van der Waals surface area (Å²) in [6, 6.07) is 13.9. The first-order chi connectivity index (χ1) is 17.7. The van der Waals surface area contributed by atoms with Gasteiger partial charge in [0, 0.05) is 63.1 Å². The zero-order valence-electron chi connectivity index (χ0n) is 21.2. The van der Waals surface area contributed by atoms with E-state index in [4.69, 9.17) is 5.26 Å². The maximum absolute atomic E-state index is 13.2. The van der Waals surface area contributed by atoms with Gasteiger partial charge in [-0.15, -0.1) is 0 Å². The molecule has 2 fully saturated rings. The van der Waals surface area contributed by atoms with Crippen molar-refractivity contribution in [3.8, 4) is 6.07 Å². The van der Waals surface area contributed by atoms with Gasteiger partial charge in [0.1, 0.15) is 0 Å². The summed E-state index contributed by atoms with van der Waals surface area (Å²) < 4.78 is 39.7. The van der Waals surface area contributed by atoms with Gasteiger partial charge in [-0.25, -0.2) is 0 Å². The van der Waals surface area contributed by atoms with E-state index in [0.29, 0.717) is 38.0 Å². The minimum absolute atomic E-state index is 0.0172. The van der Waals surface area contributed by atoms with Crippen molar-refractivity contribution < 1.29 is 18.0 Å².